The van der Waals surface area contributed by atoms with Crippen molar-refractivity contribution in [1.82, 2.24) is 30.4 Å². The first-order valence-corrected chi connectivity index (χ1v) is 7.60. The van der Waals surface area contributed by atoms with E-state index in [4.69, 9.17) is 0 Å². The Morgan fingerprint density at radius 1 is 1.14 bits per heavy atom. The van der Waals surface area contributed by atoms with E-state index >= 15 is 0 Å². The minimum Gasteiger partial charge on any atom is -0.314 e. The van der Waals surface area contributed by atoms with Gasteiger partial charge in [0, 0.05) is 25.2 Å². The van der Waals surface area contributed by atoms with Gasteiger partial charge in [0.2, 0.25) is 0 Å². The van der Waals surface area contributed by atoms with Crippen LogP contribution in [0.5, 0.6) is 0 Å². The summed E-state index contributed by atoms with van der Waals surface area (Å²) in [7, 11) is 1.82. The summed E-state index contributed by atoms with van der Waals surface area (Å²) in [5.74, 6) is 0.808. The van der Waals surface area contributed by atoms with E-state index in [9.17, 15) is 0 Å². The van der Waals surface area contributed by atoms with Crippen molar-refractivity contribution in [3.8, 4) is 0 Å². The third-order valence-electron chi connectivity index (χ3n) is 4.62. The van der Waals surface area contributed by atoms with Crippen LogP contribution in [-0.2, 0) is 7.05 Å². The molecule has 2 fully saturated rings. The normalized spacial score (nSPS) is 26.9. The molecule has 3 unspecified atom stereocenters. The Morgan fingerprint density at radius 3 is 2.48 bits per heavy atom. The van der Waals surface area contributed by atoms with Gasteiger partial charge in [-0.3, -0.25) is 4.90 Å². The van der Waals surface area contributed by atoms with Crippen molar-refractivity contribution in [2.75, 3.05) is 13.1 Å². The number of tetrazole rings is 1. The van der Waals surface area contributed by atoms with E-state index in [0.717, 1.165) is 18.9 Å². The van der Waals surface area contributed by atoms with Gasteiger partial charge in [0.1, 0.15) is 6.04 Å². The molecule has 0 aliphatic carbocycles. The number of nitrogens with zero attached hydrogens (tertiary/aromatic N) is 5. The van der Waals surface area contributed by atoms with Gasteiger partial charge in [0.05, 0.1) is 7.05 Å². The zero-order valence-electron chi connectivity index (χ0n) is 12.2. The Labute approximate surface area is 124 Å². The van der Waals surface area contributed by atoms with Crippen LogP contribution in [0.1, 0.15) is 30.3 Å². The first kappa shape index (κ1) is 12.9. The van der Waals surface area contributed by atoms with E-state index in [-0.39, 0.29) is 6.04 Å². The molecule has 1 N–H and O–H groups in total. The van der Waals surface area contributed by atoms with Crippen LogP contribution in [0.4, 0.5) is 0 Å². The lowest BCUT2D eigenvalue weighted by atomic mass is 10.0. The van der Waals surface area contributed by atoms with Crippen LogP contribution in [0.2, 0.25) is 0 Å². The molecule has 3 heterocycles. The summed E-state index contributed by atoms with van der Waals surface area (Å²) >= 11 is 0. The van der Waals surface area contributed by atoms with Gasteiger partial charge in [0.25, 0.3) is 0 Å². The Bertz CT molecular complexity index is 594. The number of aryl methyl sites for hydroxylation is 1. The molecular weight excluding hydrogens is 264 g/mol. The van der Waals surface area contributed by atoms with Gasteiger partial charge in [-0.05, 0) is 23.6 Å². The van der Waals surface area contributed by atoms with Crippen molar-refractivity contribution in [3.05, 3.63) is 41.7 Å². The Balaban J connectivity index is 1.77. The molecule has 0 amide bonds. The molecule has 0 saturated carbocycles. The van der Waals surface area contributed by atoms with Crippen LogP contribution in [0, 0.1) is 0 Å². The van der Waals surface area contributed by atoms with E-state index in [0.29, 0.717) is 12.1 Å². The maximum atomic E-state index is 4.49. The molecule has 6 heteroatoms. The fraction of sp³-hybridized carbons (Fsp3) is 0.533. The molecule has 1 aromatic heterocycles. The molecule has 2 aromatic rings. The van der Waals surface area contributed by atoms with Crippen molar-refractivity contribution in [2.45, 2.75) is 31.0 Å². The van der Waals surface area contributed by atoms with Gasteiger partial charge < -0.3 is 5.32 Å². The average Bonchev–Trinajstić information content (AvgIpc) is 3.02. The van der Waals surface area contributed by atoms with E-state index in [2.05, 4.69) is 56.0 Å². The Hall–Kier alpha value is -1.79. The van der Waals surface area contributed by atoms with E-state index in [1.807, 2.05) is 7.05 Å². The minimum absolute atomic E-state index is 0.111. The molecule has 1 aromatic carbocycles. The number of rotatable bonds is 3. The summed E-state index contributed by atoms with van der Waals surface area (Å²) in [4.78, 5) is 4.15. The summed E-state index contributed by atoms with van der Waals surface area (Å²) < 4.78 is 0. The van der Waals surface area contributed by atoms with E-state index in [1.165, 1.54) is 18.4 Å². The molecular formula is C15H20N6. The second-order valence-corrected chi connectivity index (χ2v) is 5.94. The van der Waals surface area contributed by atoms with Crippen molar-refractivity contribution >= 4 is 0 Å². The van der Waals surface area contributed by atoms with Crippen LogP contribution in [-0.4, -0.2) is 50.3 Å². The summed E-state index contributed by atoms with van der Waals surface area (Å²) in [5, 5.41) is 16.4. The van der Waals surface area contributed by atoms with Gasteiger partial charge >= 0.3 is 0 Å². The predicted molar refractivity (Wildman–Crippen MR) is 78.6 cm³/mol. The molecule has 2 aliphatic heterocycles. The molecule has 110 valence electrons. The maximum Gasteiger partial charge on any atom is 0.196 e. The minimum atomic E-state index is 0.111. The summed E-state index contributed by atoms with van der Waals surface area (Å²) in [6.07, 6.45) is 2.50. The van der Waals surface area contributed by atoms with Crippen LogP contribution < -0.4 is 5.32 Å². The van der Waals surface area contributed by atoms with Crippen LogP contribution >= 0.6 is 0 Å². The van der Waals surface area contributed by atoms with Gasteiger partial charge in [-0.2, -0.15) is 4.80 Å². The monoisotopic (exact) mass is 284 g/mol. The highest BCUT2D eigenvalue weighted by Gasteiger charge is 2.43. The average molecular weight is 284 g/mol. The Kier molecular flexibility index (Phi) is 3.20. The molecule has 0 radical (unpaired) electrons. The van der Waals surface area contributed by atoms with Gasteiger partial charge in [-0.15, -0.1) is 10.2 Å². The number of nitrogens with one attached hydrogen (secondary N) is 1. The van der Waals surface area contributed by atoms with Crippen LogP contribution in [0.3, 0.4) is 0 Å². The van der Waals surface area contributed by atoms with E-state index < -0.39 is 0 Å². The summed E-state index contributed by atoms with van der Waals surface area (Å²) in [6, 6.07) is 11.8. The number of benzene rings is 1. The van der Waals surface area contributed by atoms with Crippen LogP contribution in [0.15, 0.2) is 30.3 Å². The van der Waals surface area contributed by atoms with Gasteiger partial charge in [-0.1, -0.05) is 30.3 Å². The number of piperazine rings is 1. The molecule has 0 spiro atoms. The fourth-order valence-electron chi connectivity index (χ4n) is 3.73. The zero-order valence-corrected chi connectivity index (χ0v) is 12.2. The molecule has 2 bridgehead atoms. The fourth-order valence-corrected chi connectivity index (χ4v) is 3.73. The van der Waals surface area contributed by atoms with Crippen molar-refractivity contribution in [2.24, 2.45) is 7.05 Å². The van der Waals surface area contributed by atoms with Gasteiger partial charge in [-0.25, -0.2) is 0 Å². The largest absolute Gasteiger partial charge is 0.314 e. The maximum absolute atomic E-state index is 4.49. The smallest absolute Gasteiger partial charge is 0.196 e. The molecule has 6 nitrogen and oxygen atoms in total. The van der Waals surface area contributed by atoms with E-state index in [1.54, 1.807) is 4.80 Å². The SMILES string of the molecule is Cn1nnc(C(c2ccccc2)N2C3CCC2CNC3)n1. The number of fused-ring (bicyclic) bond motifs is 2. The number of hydrogen-bond acceptors (Lipinski definition) is 5. The molecule has 3 atom stereocenters. The highest BCUT2D eigenvalue weighted by atomic mass is 15.6. The first-order chi connectivity index (χ1) is 10.3. The third-order valence-corrected chi connectivity index (χ3v) is 4.62. The first-order valence-electron chi connectivity index (χ1n) is 7.60. The topological polar surface area (TPSA) is 58.9 Å². The highest BCUT2D eigenvalue weighted by Crippen LogP contribution is 2.37. The molecule has 2 saturated heterocycles. The lowest BCUT2D eigenvalue weighted by Gasteiger charge is -2.40. The van der Waals surface area contributed by atoms with Crippen LogP contribution in [0.25, 0.3) is 0 Å². The summed E-state index contributed by atoms with van der Waals surface area (Å²) in [6.45, 7) is 2.11. The molecule has 2 aliphatic rings. The Morgan fingerprint density at radius 2 is 1.86 bits per heavy atom. The van der Waals surface area contributed by atoms with Crippen molar-refractivity contribution in [1.29, 1.82) is 0 Å². The standard InChI is InChI=1S/C15H20N6/c1-20-18-15(17-19-20)14(11-5-3-2-4-6-11)21-12-7-8-13(21)10-16-9-12/h2-6,12-14,16H,7-10H2,1H3. The van der Waals surface area contributed by atoms with Gasteiger partial charge in [0.15, 0.2) is 5.82 Å². The van der Waals surface area contributed by atoms with Crippen molar-refractivity contribution < 1.29 is 0 Å². The second-order valence-electron chi connectivity index (χ2n) is 5.94. The second kappa shape index (κ2) is 5.20. The number of aromatic nitrogens is 4. The zero-order chi connectivity index (χ0) is 14.2. The highest BCUT2D eigenvalue weighted by molar-refractivity contribution is 5.26. The molecule has 21 heavy (non-hydrogen) atoms. The predicted octanol–water partition coefficient (Wildman–Crippen LogP) is 0.736. The lowest BCUT2D eigenvalue weighted by molar-refractivity contribution is 0.113. The van der Waals surface area contributed by atoms with Crippen molar-refractivity contribution in [3.63, 3.8) is 0 Å². The summed E-state index contributed by atoms with van der Waals surface area (Å²) in [5.41, 5.74) is 1.25. The molecule has 4 rings (SSSR count). The lowest BCUT2D eigenvalue weighted by Crippen LogP contribution is -2.53. The quantitative estimate of drug-likeness (QED) is 0.900. The number of hydrogen-bond donors (Lipinski definition) is 1. The third kappa shape index (κ3) is 2.24.